The van der Waals surface area contributed by atoms with Gasteiger partial charge in [0.15, 0.2) is 6.10 Å². The predicted octanol–water partition coefficient (Wildman–Crippen LogP) is 11.3. The second kappa shape index (κ2) is 41.3. The fourth-order valence-corrected chi connectivity index (χ4v) is 6.93. The molecule has 1 unspecified atom stereocenters. The van der Waals surface area contributed by atoms with Gasteiger partial charge in [-0.15, -0.1) is 0 Å². The molecule has 0 aromatic rings. The summed E-state index contributed by atoms with van der Waals surface area (Å²) in [5, 5.41) is 28.4. The van der Waals surface area contributed by atoms with Crippen molar-refractivity contribution >= 4 is 19.8 Å². The summed E-state index contributed by atoms with van der Waals surface area (Å²) in [6, 6.07) is 0. The number of carbonyl (C=O) groups is 2. The van der Waals surface area contributed by atoms with Gasteiger partial charge in [0.2, 0.25) is 0 Å². The molecule has 344 valence electrons. The smallest absolute Gasteiger partial charge is 0.462 e. The van der Waals surface area contributed by atoms with Crippen LogP contribution in [-0.4, -0.2) is 76.9 Å². The van der Waals surface area contributed by atoms with Gasteiger partial charge < -0.3 is 29.7 Å². The van der Waals surface area contributed by atoms with Gasteiger partial charge in [-0.25, -0.2) is 4.57 Å². The van der Waals surface area contributed by atoms with Crippen molar-refractivity contribution in [1.29, 1.82) is 0 Å². The summed E-state index contributed by atoms with van der Waals surface area (Å²) >= 11 is 0. The Kier molecular flexibility index (Phi) is 39.8. The van der Waals surface area contributed by atoms with E-state index in [1.807, 2.05) is 36.5 Å². The first kappa shape index (κ1) is 56.9. The highest BCUT2D eigenvalue weighted by molar-refractivity contribution is 7.47. The number of aliphatic hydroxyl groups excluding tert-OH is 3. The van der Waals surface area contributed by atoms with Crippen molar-refractivity contribution in [3.8, 4) is 0 Å². The summed E-state index contributed by atoms with van der Waals surface area (Å²) in [7, 11) is -4.65. The molecule has 0 saturated carbocycles. The van der Waals surface area contributed by atoms with E-state index in [1.54, 1.807) is 6.08 Å². The molecule has 0 fully saturated rings. The molecule has 0 aliphatic carbocycles. The minimum absolute atomic E-state index is 0.134. The average molecular weight is 857 g/mol. The Balaban J connectivity index is 4.39. The number of esters is 2. The summed E-state index contributed by atoms with van der Waals surface area (Å²) in [5.41, 5.74) is 0. The molecule has 4 atom stereocenters. The maximum absolute atomic E-state index is 12.6. The Bertz CT molecular complexity index is 1150. The summed E-state index contributed by atoms with van der Waals surface area (Å²) in [6.07, 6.45) is 39.7. The summed E-state index contributed by atoms with van der Waals surface area (Å²) in [4.78, 5) is 35.0. The highest BCUT2D eigenvalue weighted by Gasteiger charge is 2.27. The van der Waals surface area contributed by atoms with E-state index in [-0.39, 0.29) is 19.4 Å². The largest absolute Gasteiger partial charge is 0.472 e. The molecule has 0 aliphatic heterocycles. The van der Waals surface area contributed by atoms with E-state index in [0.717, 1.165) is 31.6 Å². The van der Waals surface area contributed by atoms with Crippen molar-refractivity contribution in [3.05, 3.63) is 48.6 Å². The number of hydrogen-bond donors (Lipinski definition) is 4. The van der Waals surface area contributed by atoms with Crippen molar-refractivity contribution in [3.63, 3.8) is 0 Å². The lowest BCUT2D eigenvalue weighted by Gasteiger charge is -2.20. The molecule has 11 nitrogen and oxygen atoms in total. The molecule has 0 amide bonds. The molecule has 0 aliphatic rings. The zero-order chi connectivity index (χ0) is 43.7. The Labute approximate surface area is 358 Å². The molecular formula is C47H85O11P. The number of aliphatic hydroxyl groups is 3. The van der Waals surface area contributed by atoms with Crippen LogP contribution in [0.4, 0.5) is 0 Å². The van der Waals surface area contributed by atoms with Crippen LogP contribution in [0.15, 0.2) is 48.6 Å². The number of ether oxygens (including phenoxy) is 2. The Morgan fingerprint density at radius 1 is 0.627 bits per heavy atom. The lowest BCUT2D eigenvalue weighted by Crippen LogP contribution is -2.29. The van der Waals surface area contributed by atoms with Crippen LogP contribution in [-0.2, 0) is 32.7 Å². The van der Waals surface area contributed by atoms with Crippen LogP contribution in [0.1, 0.15) is 188 Å². The molecule has 0 spiro atoms. The van der Waals surface area contributed by atoms with Gasteiger partial charge in [0.25, 0.3) is 0 Å². The summed E-state index contributed by atoms with van der Waals surface area (Å²) in [6.45, 7) is 4.55. The third-order valence-corrected chi connectivity index (χ3v) is 10.7. The first-order valence-electron chi connectivity index (χ1n) is 23.1. The van der Waals surface area contributed by atoms with E-state index in [0.29, 0.717) is 32.1 Å². The number of phosphoric ester groups is 1. The van der Waals surface area contributed by atoms with Gasteiger partial charge in [-0.3, -0.25) is 18.6 Å². The zero-order valence-corrected chi connectivity index (χ0v) is 38.1. The topological polar surface area (TPSA) is 169 Å². The lowest BCUT2D eigenvalue weighted by molar-refractivity contribution is -0.161. The van der Waals surface area contributed by atoms with E-state index in [2.05, 4.69) is 31.4 Å². The minimum Gasteiger partial charge on any atom is -0.462 e. The monoisotopic (exact) mass is 857 g/mol. The number of allylic oxidation sites excluding steroid dienone is 6. The number of phosphoric acid groups is 1. The van der Waals surface area contributed by atoms with Crippen LogP contribution in [0.3, 0.4) is 0 Å². The van der Waals surface area contributed by atoms with Crippen LogP contribution in [0.5, 0.6) is 0 Å². The molecule has 0 saturated heterocycles. The maximum Gasteiger partial charge on any atom is 0.472 e. The van der Waals surface area contributed by atoms with E-state index < -0.39 is 57.9 Å². The molecule has 59 heavy (non-hydrogen) atoms. The second-order valence-corrected chi connectivity index (χ2v) is 17.6. The van der Waals surface area contributed by atoms with E-state index in [1.165, 1.54) is 96.3 Å². The van der Waals surface area contributed by atoms with Crippen LogP contribution >= 0.6 is 7.82 Å². The molecular weight excluding hydrogens is 771 g/mol. The third-order valence-electron chi connectivity index (χ3n) is 9.74. The Morgan fingerprint density at radius 2 is 1.19 bits per heavy atom. The van der Waals surface area contributed by atoms with Gasteiger partial charge in [-0.1, -0.05) is 179 Å². The molecule has 4 N–H and O–H groups in total. The first-order valence-corrected chi connectivity index (χ1v) is 24.6. The Morgan fingerprint density at radius 3 is 1.80 bits per heavy atom. The molecule has 0 aromatic heterocycles. The third kappa shape index (κ3) is 42.4. The van der Waals surface area contributed by atoms with Gasteiger partial charge in [-0.05, 0) is 50.9 Å². The molecule has 0 rings (SSSR count). The van der Waals surface area contributed by atoms with Gasteiger partial charge in [0, 0.05) is 12.8 Å². The van der Waals surface area contributed by atoms with Crippen molar-refractivity contribution in [1.82, 2.24) is 0 Å². The van der Waals surface area contributed by atoms with E-state index in [4.69, 9.17) is 19.1 Å². The Hall–Kier alpha value is -2.11. The van der Waals surface area contributed by atoms with Gasteiger partial charge in [-0.2, -0.15) is 0 Å². The van der Waals surface area contributed by atoms with Gasteiger partial charge in [0.05, 0.1) is 25.9 Å². The van der Waals surface area contributed by atoms with Crippen molar-refractivity contribution in [2.45, 2.75) is 206 Å². The minimum atomic E-state index is -4.65. The second-order valence-electron chi connectivity index (χ2n) is 16.1. The quantitative estimate of drug-likeness (QED) is 0.0151. The fraction of sp³-hybridized carbons (Fsp3) is 0.787. The van der Waals surface area contributed by atoms with Crippen molar-refractivity contribution < 1.29 is 52.9 Å². The van der Waals surface area contributed by atoms with E-state index in [9.17, 15) is 29.3 Å². The van der Waals surface area contributed by atoms with Crippen molar-refractivity contribution in [2.75, 3.05) is 26.4 Å². The van der Waals surface area contributed by atoms with Gasteiger partial charge in [0.1, 0.15) is 12.7 Å². The lowest BCUT2D eigenvalue weighted by atomic mass is 10.0. The van der Waals surface area contributed by atoms with Gasteiger partial charge >= 0.3 is 19.8 Å². The molecule has 0 heterocycles. The van der Waals surface area contributed by atoms with E-state index >= 15 is 0 Å². The first-order chi connectivity index (χ1) is 28.5. The highest BCUT2D eigenvalue weighted by Crippen LogP contribution is 2.43. The highest BCUT2D eigenvalue weighted by atomic mass is 31.2. The maximum atomic E-state index is 12.6. The number of rotatable bonds is 42. The molecule has 0 bridgehead atoms. The van der Waals surface area contributed by atoms with Crippen LogP contribution in [0, 0.1) is 5.92 Å². The predicted molar refractivity (Wildman–Crippen MR) is 239 cm³/mol. The molecule has 12 heteroatoms. The average Bonchev–Trinajstić information content (AvgIpc) is 3.20. The fourth-order valence-electron chi connectivity index (χ4n) is 6.14. The summed E-state index contributed by atoms with van der Waals surface area (Å²) in [5.74, 6) is -0.205. The van der Waals surface area contributed by atoms with Crippen LogP contribution < -0.4 is 0 Å². The number of hydrogen-bond acceptors (Lipinski definition) is 10. The molecule has 0 aromatic carbocycles. The molecule has 0 radical (unpaired) electrons. The zero-order valence-electron chi connectivity index (χ0n) is 37.2. The number of carbonyl (C=O) groups excluding carboxylic acids is 2. The van der Waals surface area contributed by atoms with Crippen LogP contribution in [0.2, 0.25) is 0 Å². The van der Waals surface area contributed by atoms with Crippen LogP contribution in [0.25, 0.3) is 0 Å². The number of unbranched alkanes of at least 4 members (excludes halogenated alkanes) is 18. The normalized spacial score (nSPS) is 14.8. The SMILES string of the molecule is CCCCC/C=C\C[C@@H](O)/C=C/C=C\C/C=C\CCCC(=O)OC[C@H](COP(=O)(O)OC[C@@H](O)CO)OC(=O)CCCCCCCCCCCCCCCCCC(C)C. The summed E-state index contributed by atoms with van der Waals surface area (Å²) < 4.78 is 32.7. The standard InChI is InChI=1S/C47H85O11P/c1-4-5-6-7-24-29-34-43(49)35-30-25-20-17-18-21-26-31-36-46(51)55-40-45(41-57-59(53,54)56-39-44(50)38-48)58-47(52)37-32-27-22-16-14-12-10-8-9-11-13-15-19-23-28-33-42(2)3/h18,20-21,24-25,29-30,35,42-45,48-50H,4-17,19,22-23,26-28,31-34,36-41H2,1-3H3,(H,53,54)/b21-18-,25-20-,29-24-,35-30+/t43-,44+,45-/m1/s1. The van der Waals surface area contributed by atoms with Crippen molar-refractivity contribution in [2.24, 2.45) is 5.92 Å².